The number of fused-ring (bicyclic) bond motifs is 1. The highest BCUT2D eigenvalue weighted by Crippen LogP contribution is 2.30. The van der Waals surface area contributed by atoms with Gasteiger partial charge in [0.15, 0.2) is 0 Å². The Labute approximate surface area is 168 Å². The Kier molecular flexibility index (Phi) is 5.09. The number of benzene rings is 2. The number of piperazine rings is 1. The van der Waals surface area contributed by atoms with Gasteiger partial charge in [0.25, 0.3) is 0 Å². The number of nitrogens with zero attached hydrogens (tertiary/aromatic N) is 4. The van der Waals surface area contributed by atoms with Crippen LogP contribution >= 0.6 is 11.6 Å². The minimum absolute atomic E-state index is 0.0847. The number of hydrogen-bond acceptors (Lipinski definition) is 6. The lowest BCUT2D eigenvalue weighted by molar-refractivity contribution is 0.373. The predicted molar refractivity (Wildman–Crippen MR) is 109 cm³/mol. The Balaban J connectivity index is 1.54. The lowest BCUT2D eigenvalue weighted by atomic mass is 10.3. The predicted octanol–water partition coefficient (Wildman–Crippen LogP) is 2.80. The van der Waals surface area contributed by atoms with Crippen LogP contribution in [0.4, 0.5) is 5.82 Å². The number of methoxy groups -OCH3 is 1. The number of ether oxygens (including phenoxy) is 1. The monoisotopic (exact) mass is 418 g/mol. The van der Waals surface area contributed by atoms with Gasteiger partial charge >= 0.3 is 0 Å². The van der Waals surface area contributed by atoms with Gasteiger partial charge in [0.1, 0.15) is 16.5 Å². The Hall–Kier alpha value is -2.42. The summed E-state index contributed by atoms with van der Waals surface area (Å²) in [4.78, 5) is 11.2. The van der Waals surface area contributed by atoms with Crippen molar-refractivity contribution in [2.45, 2.75) is 4.90 Å². The summed E-state index contributed by atoms with van der Waals surface area (Å²) >= 11 is 6.01. The molecule has 28 heavy (non-hydrogen) atoms. The molecule has 4 rings (SSSR count). The molecule has 0 amide bonds. The van der Waals surface area contributed by atoms with E-state index in [0.29, 0.717) is 31.2 Å². The zero-order valence-electron chi connectivity index (χ0n) is 15.2. The van der Waals surface area contributed by atoms with Crippen molar-refractivity contribution in [2.75, 3.05) is 38.2 Å². The molecule has 7 nitrogen and oxygen atoms in total. The molecule has 0 saturated carbocycles. The standard InChI is InChI=1S/C19H19ClN4O3S/c1-27-17-7-6-14(20)12-18(17)28(25,26)24-10-8-23(9-11-24)19-13-21-15-4-2-3-5-16(15)22-19/h2-7,12-13H,8-11H2,1H3. The van der Waals surface area contributed by atoms with Gasteiger partial charge in [-0.3, -0.25) is 4.98 Å². The third kappa shape index (κ3) is 3.50. The molecule has 0 unspecified atom stereocenters. The first-order valence-corrected chi connectivity index (χ1v) is 10.6. The normalized spacial score (nSPS) is 15.7. The summed E-state index contributed by atoms with van der Waals surface area (Å²) in [6.45, 7) is 1.73. The maximum absolute atomic E-state index is 13.1. The van der Waals surface area contributed by atoms with E-state index in [1.807, 2.05) is 29.2 Å². The lowest BCUT2D eigenvalue weighted by Crippen LogP contribution is -2.49. The molecule has 2 aromatic carbocycles. The van der Waals surface area contributed by atoms with Crippen molar-refractivity contribution in [3.63, 3.8) is 0 Å². The van der Waals surface area contributed by atoms with Crippen LogP contribution in [0.2, 0.25) is 5.02 Å². The summed E-state index contributed by atoms with van der Waals surface area (Å²) in [6, 6.07) is 12.3. The van der Waals surface area contributed by atoms with Crippen molar-refractivity contribution in [3.05, 3.63) is 53.7 Å². The fraction of sp³-hybridized carbons (Fsp3) is 0.263. The molecule has 0 radical (unpaired) electrons. The lowest BCUT2D eigenvalue weighted by Gasteiger charge is -2.34. The highest BCUT2D eigenvalue weighted by atomic mass is 35.5. The number of para-hydroxylation sites is 2. The summed E-state index contributed by atoms with van der Waals surface area (Å²) in [7, 11) is -2.26. The number of aromatic nitrogens is 2. The topological polar surface area (TPSA) is 75.6 Å². The summed E-state index contributed by atoms with van der Waals surface area (Å²) in [6.07, 6.45) is 1.73. The first-order chi connectivity index (χ1) is 13.5. The molecule has 1 fully saturated rings. The molecule has 1 saturated heterocycles. The van der Waals surface area contributed by atoms with Crippen molar-refractivity contribution >= 4 is 38.5 Å². The average Bonchev–Trinajstić information content (AvgIpc) is 2.73. The fourth-order valence-corrected chi connectivity index (χ4v) is 5.09. The zero-order chi connectivity index (χ0) is 19.7. The Bertz CT molecular complexity index is 1120. The van der Waals surface area contributed by atoms with Gasteiger partial charge in [0.2, 0.25) is 10.0 Å². The molecule has 146 valence electrons. The van der Waals surface area contributed by atoms with Crippen LogP contribution in [0.15, 0.2) is 53.6 Å². The third-order valence-electron chi connectivity index (χ3n) is 4.74. The van der Waals surface area contributed by atoms with Crippen molar-refractivity contribution in [1.29, 1.82) is 0 Å². The number of anilines is 1. The SMILES string of the molecule is COc1ccc(Cl)cc1S(=O)(=O)N1CCN(c2cnc3ccccc3n2)CC1. The summed E-state index contributed by atoms with van der Waals surface area (Å²) < 4.78 is 32.8. The van der Waals surface area contributed by atoms with E-state index in [9.17, 15) is 8.42 Å². The summed E-state index contributed by atoms with van der Waals surface area (Å²) in [5.74, 6) is 1.03. The summed E-state index contributed by atoms with van der Waals surface area (Å²) in [5, 5.41) is 0.351. The average molecular weight is 419 g/mol. The van der Waals surface area contributed by atoms with E-state index >= 15 is 0 Å². The van der Waals surface area contributed by atoms with Gasteiger partial charge < -0.3 is 9.64 Å². The Morgan fingerprint density at radius 1 is 1.04 bits per heavy atom. The summed E-state index contributed by atoms with van der Waals surface area (Å²) in [5.41, 5.74) is 1.65. The first-order valence-electron chi connectivity index (χ1n) is 8.79. The minimum atomic E-state index is -3.71. The van der Waals surface area contributed by atoms with E-state index in [1.54, 1.807) is 18.3 Å². The molecule has 1 aliphatic heterocycles. The van der Waals surface area contributed by atoms with E-state index in [4.69, 9.17) is 16.3 Å². The van der Waals surface area contributed by atoms with Crippen LogP contribution in [0, 0.1) is 0 Å². The van der Waals surface area contributed by atoms with Crippen LogP contribution < -0.4 is 9.64 Å². The zero-order valence-corrected chi connectivity index (χ0v) is 16.8. The Morgan fingerprint density at radius 2 is 1.75 bits per heavy atom. The Morgan fingerprint density at radius 3 is 2.46 bits per heavy atom. The second kappa shape index (κ2) is 7.54. The van der Waals surface area contributed by atoms with E-state index in [0.717, 1.165) is 16.9 Å². The second-order valence-corrected chi connectivity index (χ2v) is 8.75. The quantitative estimate of drug-likeness (QED) is 0.648. The third-order valence-corrected chi connectivity index (χ3v) is 6.90. The van der Waals surface area contributed by atoms with Crippen LogP contribution in [0.5, 0.6) is 5.75 Å². The molecule has 1 aromatic heterocycles. The van der Waals surface area contributed by atoms with Crippen molar-refractivity contribution in [2.24, 2.45) is 0 Å². The molecule has 3 aromatic rings. The number of hydrogen-bond donors (Lipinski definition) is 0. The van der Waals surface area contributed by atoms with Gasteiger partial charge in [0, 0.05) is 31.2 Å². The van der Waals surface area contributed by atoms with Crippen molar-refractivity contribution in [1.82, 2.24) is 14.3 Å². The smallest absolute Gasteiger partial charge is 0.246 e. The molecule has 9 heteroatoms. The van der Waals surface area contributed by atoms with Crippen LogP contribution in [0.1, 0.15) is 0 Å². The molecule has 2 heterocycles. The van der Waals surface area contributed by atoms with Gasteiger partial charge in [-0.2, -0.15) is 4.31 Å². The van der Waals surface area contributed by atoms with Crippen LogP contribution in [-0.4, -0.2) is 56.0 Å². The molecule has 1 aliphatic rings. The first kappa shape index (κ1) is 18.9. The maximum atomic E-state index is 13.1. The van der Waals surface area contributed by atoms with E-state index in [1.165, 1.54) is 17.5 Å². The fourth-order valence-electron chi connectivity index (χ4n) is 3.25. The van der Waals surface area contributed by atoms with Gasteiger partial charge in [-0.15, -0.1) is 0 Å². The van der Waals surface area contributed by atoms with E-state index in [2.05, 4.69) is 9.97 Å². The minimum Gasteiger partial charge on any atom is -0.495 e. The molecule has 0 bridgehead atoms. The van der Waals surface area contributed by atoms with E-state index < -0.39 is 10.0 Å². The molecule has 0 aliphatic carbocycles. The molecular weight excluding hydrogens is 400 g/mol. The second-order valence-electron chi connectivity index (χ2n) is 6.40. The number of rotatable bonds is 4. The van der Waals surface area contributed by atoms with Gasteiger partial charge in [-0.05, 0) is 30.3 Å². The maximum Gasteiger partial charge on any atom is 0.246 e. The van der Waals surface area contributed by atoms with Crippen LogP contribution in [0.25, 0.3) is 11.0 Å². The van der Waals surface area contributed by atoms with Crippen LogP contribution in [0.3, 0.4) is 0 Å². The van der Waals surface area contributed by atoms with Crippen molar-refractivity contribution in [3.8, 4) is 5.75 Å². The number of halogens is 1. The highest BCUT2D eigenvalue weighted by Gasteiger charge is 2.31. The van der Waals surface area contributed by atoms with Crippen LogP contribution in [-0.2, 0) is 10.0 Å². The number of sulfonamides is 1. The highest BCUT2D eigenvalue weighted by molar-refractivity contribution is 7.89. The molecular formula is C19H19ClN4O3S. The molecule has 0 N–H and O–H groups in total. The largest absolute Gasteiger partial charge is 0.495 e. The van der Waals surface area contributed by atoms with Crippen molar-refractivity contribution < 1.29 is 13.2 Å². The molecule has 0 spiro atoms. The van der Waals surface area contributed by atoms with Gasteiger partial charge in [-0.25, -0.2) is 13.4 Å². The molecule has 0 atom stereocenters. The van der Waals surface area contributed by atoms with Gasteiger partial charge in [-0.1, -0.05) is 23.7 Å². The van der Waals surface area contributed by atoms with Gasteiger partial charge in [0.05, 0.1) is 24.3 Å². The van der Waals surface area contributed by atoms with E-state index in [-0.39, 0.29) is 10.6 Å².